The number of anilines is 1. The highest BCUT2D eigenvalue weighted by Crippen LogP contribution is 2.38. The Hall–Kier alpha value is -2.93. The van der Waals surface area contributed by atoms with Gasteiger partial charge in [0, 0.05) is 17.2 Å². The van der Waals surface area contributed by atoms with Gasteiger partial charge in [-0.2, -0.15) is 0 Å². The maximum atomic E-state index is 12.9. The van der Waals surface area contributed by atoms with Crippen LogP contribution in [0.15, 0.2) is 30.3 Å². The van der Waals surface area contributed by atoms with Gasteiger partial charge in [-0.05, 0) is 43.2 Å². The van der Waals surface area contributed by atoms with E-state index < -0.39 is 5.91 Å². The molecule has 2 N–H and O–H groups in total. The van der Waals surface area contributed by atoms with Crippen LogP contribution in [-0.2, 0) is 0 Å². The zero-order valence-corrected chi connectivity index (χ0v) is 18.7. The molecule has 1 fully saturated rings. The van der Waals surface area contributed by atoms with Crippen molar-refractivity contribution in [2.24, 2.45) is 0 Å². The highest BCUT2D eigenvalue weighted by molar-refractivity contribution is 6.34. The summed E-state index contributed by atoms with van der Waals surface area (Å²) in [6, 6.07) is 8.11. The maximum absolute atomic E-state index is 12.9. The van der Waals surface area contributed by atoms with E-state index in [2.05, 4.69) is 10.6 Å². The van der Waals surface area contributed by atoms with Gasteiger partial charge in [-0.3, -0.25) is 9.59 Å². The molecular formula is C23H27ClN2O5. The largest absolute Gasteiger partial charge is 0.493 e. The molecule has 0 bridgehead atoms. The van der Waals surface area contributed by atoms with Crippen LogP contribution in [0.4, 0.5) is 5.69 Å². The number of benzene rings is 2. The number of amides is 2. The molecule has 0 heterocycles. The van der Waals surface area contributed by atoms with Gasteiger partial charge in [0.05, 0.1) is 32.0 Å². The van der Waals surface area contributed by atoms with Gasteiger partial charge in [-0.15, -0.1) is 0 Å². The Morgan fingerprint density at radius 3 is 2.10 bits per heavy atom. The molecule has 2 aromatic carbocycles. The van der Waals surface area contributed by atoms with Crippen molar-refractivity contribution in [1.82, 2.24) is 5.32 Å². The van der Waals surface area contributed by atoms with Crippen molar-refractivity contribution in [3.8, 4) is 17.2 Å². The van der Waals surface area contributed by atoms with Gasteiger partial charge < -0.3 is 24.8 Å². The zero-order valence-electron chi connectivity index (χ0n) is 17.9. The topological polar surface area (TPSA) is 85.9 Å². The Bertz CT molecular complexity index is 932. The predicted molar refractivity (Wildman–Crippen MR) is 120 cm³/mol. The highest BCUT2D eigenvalue weighted by atomic mass is 35.5. The van der Waals surface area contributed by atoms with Crippen LogP contribution in [0.5, 0.6) is 17.2 Å². The summed E-state index contributed by atoms with van der Waals surface area (Å²) in [5, 5.41) is 6.16. The minimum absolute atomic E-state index is 0.174. The molecule has 3 rings (SSSR count). The summed E-state index contributed by atoms with van der Waals surface area (Å²) < 4.78 is 15.9. The molecule has 8 heteroatoms. The molecule has 1 saturated carbocycles. The van der Waals surface area contributed by atoms with Crippen molar-refractivity contribution >= 4 is 29.1 Å². The summed E-state index contributed by atoms with van der Waals surface area (Å²) in [5.74, 6) is 0.510. The lowest BCUT2D eigenvalue weighted by atomic mass is 9.95. The molecule has 0 aromatic heterocycles. The van der Waals surface area contributed by atoms with Crippen LogP contribution in [0, 0.1) is 0 Å². The van der Waals surface area contributed by atoms with Crippen molar-refractivity contribution in [3.63, 3.8) is 0 Å². The van der Waals surface area contributed by atoms with Crippen LogP contribution in [-0.4, -0.2) is 39.2 Å². The van der Waals surface area contributed by atoms with E-state index in [1.165, 1.54) is 27.8 Å². The molecule has 31 heavy (non-hydrogen) atoms. The molecule has 2 aromatic rings. The Morgan fingerprint density at radius 2 is 1.52 bits per heavy atom. The molecule has 0 atom stereocenters. The summed E-state index contributed by atoms with van der Waals surface area (Å²) >= 11 is 6.27. The summed E-state index contributed by atoms with van der Waals surface area (Å²) in [6.07, 6.45) is 5.45. The number of carbonyl (C=O) groups excluding carboxylic acids is 2. The molecule has 0 spiro atoms. The third-order valence-electron chi connectivity index (χ3n) is 5.34. The Morgan fingerprint density at radius 1 is 0.871 bits per heavy atom. The number of carbonyl (C=O) groups is 2. The van der Waals surface area contributed by atoms with Crippen LogP contribution >= 0.6 is 11.6 Å². The number of ether oxygens (including phenoxy) is 3. The fourth-order valence-electron chi connectivity index (χ4n) is 3.68. The monoisotopic (exact) mass is 446 g/mol. The van der Waals surface area contributed by atoms with Gasteiger partial charge in [-0.1, -0.05) is 30.9 Å². The molecule has 7 nitrogen and oxygen atoms in total. The van der Waals surface area contributed by atoms with Crippen LogP contribution < -0.4 is 24.8 Å². The highest BCUT2D eigenvalue weighted by Gasteiger charge is 2.20. The average molecular weight is 447 g/mol. The number of methoxy groups -OCH3 is 3. The first-order chi connectivity index (χ1) is 15.0. The smallest absolute Gasteiger partial charge is 0.255 e. The van der Waals surface area contributed by atoms with Crippen molar-refractivity contribution in [2.45, 2.75) is 38.1 Å². The SMILES string of the molecule is COc1cc(C(=O)Nc2cc(C(=O)NC3CCCCC3)ccc2Cl)cc(OC)c1OC. The van der Waals surface area contributed by atoms with Gasteiger partial charge in [-0.25, -0.2) is 0 Å². The van der Waals surface area contributed by atoms with E-state index in [1.54, 1.807) is 30.3 Å². The molecule has 0 saturated heterocycles. The first kappa shape index (κ1) is 22.7. The van der Waals surface area contributed by atoms with E-state index in [4.69, 9.17) is 25.8 Å². The molecule has 0 aliphatic heterocycles. The number of hydrogen-bond donors (Lipinski definition) is 2. The first-order valence-electron chi connectivity index (χ1n) is 10.2. The lowest BCUT2D eigenvalue weighted by Crippen LogP contribution is -2.36. The lowest BCUT2D eigenvalue weighted by molar-refractivity contribution is 0.0926. The molecule has 1 aliphatic rings. The third-order valence-corrected chi connectivity index (χ3v) is 5.67. The van der Waals surface area contributed by atoms with Gasteiger partial charge >= 0.3 is 0 Å². The minimum atomic E-state index is -0.425. The number of hydrogen-bond acceptors (Lipinski definition) is 5. The Balaban J connectivity index is 1.79. The molecular weight excluding hydrogens is 420 g/mol. The Kier molecular flexibility index (Phi) is 7.63. The normalized spacial score (nSPS) is 13.9. The average Bonchev–Trinajstić information content (AvgIpc) is 2.79. The van der Waals surface area contributed by atoms with Crippen molar-refractivity contribution in [2.75, 3.05) is 26.6 Å². The van der Waals surface area contributed by atoms with E-state index in [0.717, 1.165) is 25.7 Å². The van der Waals surface area contributed by atoms with Crippen molar-refractivity contribution in [1.29, 1.82) is 0 Å². The van der Waals surface area contributed by atoms with E-state index >= 15 is 0 Å². The fourth-order valence-corrected chi connectivity index (χ4v) is 3.85. The van der Waals surface area contributed by atoms with Crippen molar-refractivity contribution < 1.29 is 23.8 Å². The molecule has 0 unspecified atom stereocenters. The van der Waals surface area contributed by atoms with Crippen molar-refractivity contribution in [3.05, 3.63) is 46.5 Å². The van der Waals surface area contributed by atoms with E-state index in [-0.39, 0.29) is 11.9 Å². The maximum Gasteiger partial charge on any atom is 0.255 e. The quantitative estimate of drug-likeness (QED) is 0.644. The zero-order chi connectivity index (χ0) is 22.4. The first-order valence-corrected chi connectivity index (χ1v) is 10.6. The summed E-state index contributed by atoms with van der Waals surface area (Å²) in [7, 11) is 4.44. The van der Waals surface area contributed by atoms with E-state index in [0.29, 0.717) is 39.1 Å². The second kappa shape index (κ2) is 10.4. The second-order valence-electron chi connectivity index (χ2n) is 7.37. The number of halogens is 1. The summed E-state index contributed by atoms with van der Waals surface area (Å²) in [5.41, 5.74) is 1.08. The van der Waals surface area contributed by atoms with Crippen LogP contribution in [0.3, 0.4) is 0 Å². The summed E-state index contributed by atoms with van der Waals surface area (Å²) in [6.45, 7) is 0. The Labute approximate surface area is 187 Å². The molecule has 1 aliphatic carbocycles. The standard InChI is InChI=1S/C23H27ClN2O5/c1-29-19-12-15(13-20(30-2)21(19)31-3)23(28)26-18-11-14(9-10-17(18)24)22(27)25-16-7-5-4-6-8-16/h9-13,16H,4-8H2,1-3H3,(H,25,27)(H,26,28). The second-order valence-corrected chi connectivity index (χ2v) is 7.78. The van der Waals surface area contributed by atoms with Crippen LogP contribution in [0.2, 0.25) is 5.02 Å². The van der Waals surface area contributed by atoms with E-state index in [9.17, 15) is 9.59 Å². The molecule has 0 radical (unpaired) electrons. The lowest BCUT2D eigenvalue weighted by Gasteiger charge is -2.23. The van der Waals surface area contributed by atoms with Crippen LogP contribution in [0.25, 0.3) is 0 Å². The van der Waals surface area contributed by atoms with Gasteiger partial charge in [0.25, 0.3) is 11.8 Å². The number of rotatable bonds is 7. The predicted octanol–water partition coefficient (Wildman–Crippen LogP) is 4.68. The van der Waals surface area contributed by atoms with Gasteiger partial charge in [0.2, 0.25) is 5.75 Å². The fraction of sp³-hybridized carbons (Fsp3) is 0.391. The van der Waals surface area contributed by atoms with Gasteiger partial charge in [0.15, 0.2) is 11.5 Å². The minimum Gasteiger partial charge on any atom is -0.493 e. The van der Waals surface area contributed by atoms with E-state index in [1.807, 2.05) is 0 Å². The van der Waals surface area contributed by atoms with Crippen LogP contribution in [0.1, 0.15) is 52.8 Å². The molecule has 2 amide bonds. The van der Waals surface area contributed by atoms with Gasteiger partial charge in [0.1, 0.15) is 0 Å². The molecule has 166 valence electrons. The third kappa shape index (κ3) is 5.41. The number of nitrogens with one attached hydrogen (secondary N) is 2. The summed E-state index contributed by atoms with van der Waals surface area (Å²) in [4.78, 5) is 25.5.